The third-order valence-electron chi connectivity index (χ3n) is 4.44. The number of hydrogen-bond donors (Lipinski definition) is 0. The number of imidazole rings is 1. The van der Waals surface area contributed by atoms with Crippen LogP contribution in [0.1, 0.15) is 0 Å². The van der Waals surface area contributed by atoms with E-state index in [9.17, 15) is 0 Å². The Kier molecular flexibility index (Phi) is 3.39. The van der Waals surface area contributed by atoms with Crippen LogP contribution in [0.25, 0.3) is 39.3 Å². The van der Waals surface area contributed by atoms with Crippen molar-refractivity contribution in [3.05, 3.63) is 91.6 Å². The summed E-state index contributed by atoms with van der Waals surface area (Å²) in [5, 5.41) is 0. The summed E-state index contributed by atoms with van der Waals surface area (Å²) in [6.07, 6.45) is 5.35. The van der Waals surface area contributed by atoms with E-state index in [-0.39, 0.29) is 0 Å². The topological polar surface area (TPSA) is 43.9 Å². The van der Waals surface area contributed by atoms with Crippen molar-refractivity contribution in [3.63, 3.8) is 0 Å². The van der Waals surface area contributed by atoms with Crippen molar-refractivity contribution in [3.8, 4) is 28.3 Å². The zero-order chi connectivity index (χ0) is 17.3. The van der Waals surface area contributed by atoms with Gasteiger partial charge in [0, 0.05) is 23.0 Å². The van der Waals surface area contributed by atoms with E-state index in [1.54, 1.807) is 6.26 Å². The fourth-order valence-electron chi connectivity index (χ4n) is 3.16. The highest BCUT2D eigenvalue weighted by atomic mass is 16.3. The molecule has 0 N–H and O–H groups in total. The lowest BCUT2D eigenvalue weighted by Gasteiger charge is -2.07. The van der Waals surface area contributed by atoms with Gasteiger partial charge in [-0.1, -0.05) is 18.2 Å². The van der Waals surface area contributed by atoms with Gasteiger partial charge in [-0.25, -0.2) is 4.98 Å². The van der Waals surface area contributed by atoms with Gasteiger partial charge >= 0.3 is 0 Å². The van der Waals surface area contributed by atoms with Gasteiger partial charge < -0.3 is 4.42 Å². The molecular formula is C22H15N3O. The molecule has 0 saturated heterocycles. The van der Waals surface area contributed by atoms with Crippen molar-refractivity contribution in [2.45, 2.75) is 0 Å². The van der Waals surface area contributed by atoms with Gasteiger partial charge in [0.05, 0.1) is 23.0 Å². The van der Waals surface area contributed by atoms with Crippen LogP contribution in [0.15, 0.2) is 96.0 Å². The first-order valence-corrected chi connectivity index (χ1v) is 8.41. The fourth-order valence-corrected chi connectivity index (χ4v) is 3.16. The van der Waals surface area contributed by atoms with E-state index in [1.165, 1.54) is 0 Å². The fraction of sp³-hybridized carbons (Fsp3) is 0. The molecule has 5 rings (SSSR count). The van der Waals surface area contributed by atoms with E-state index in [4.69, 9.17) is 4.42 Å². The number of furan rings is 1. The second-order valence-corrected chi connectivity index (χ2v) is 6.06. The van der Waals surface area contributed by atoms with E-state index in [2.05, 4.69) is 44.9 Å². The van der Waals surface area contributed by atoms with Gasteiger partial charge in [-0.05, 0) is 54.6 Å². The highest BCUT2D eigenvalue weighted by Crippen LogP contribution is 2.27. The third-order valence-corrected chi connectivity index (χ3v) is 4.44. The summed E-state index contributed by atoms with van der Waals surface area (Å²) in [4.78, 5) is 9.01. The Morgan fingerprint density at radius 1 is 0.769 bits per heavy atom. The molecular weight excluding hydrogens is 322 g/mol. The molecule has 0 fully saturated rings. The molecule has 0 radical (unpaired) electrons. The van der Waals surface area contributed by atoms with Crippen molar-refractivity contribution in [2.75, 3.05) is 0 Å². The van der Waals surface area contributed by atoms with Crippen LogP contribution in [0, 0.1) is 0 Å². The molecule has 0 spiro atoms. The number of aromatic nitrogens is 3. The zero-order valence-electron chi connectivity index (χ0n) is 13.9. The average molecular weight is 337 g/mol. The first-order chi connectivity index (χ1) is 12.9. The molecule has 2 aromatic carbocycles. The summed E-state index contributed by atoms with van der Waals surface area (Å²) in [7, 11) is 0. The monoisotopic (exact) mass is 337 g/mol. The Hall–Kier alpha value is -3.66. The first kappa shape index (κ1) is 14.7. The molecule has 4 nitrogen and oxygen atoms in total. The second-order valence-electron chi connectivity index (χ2n) is 6.06. The number of rotatable bonds is 3. The van der Waals surface area contributed by atoms with Gasteiger partial charge in [0.2, 0.25) is 0 Å². The Morgan fingerprint density at radius 3 is 2.62 bits per heavy atom. The SMILES string of the molecule is c1ccc(-c2cccc(-n3cnc4cc(-c5ccco5)ccc43)c2)nc1. The van der Waals surface area contributed by atoms with Crippen molar-refractivity contribution < 1.29 is 4.42 Å². The lowest BCUT2D eigenvalue weighted by Crippen LogP contribution is -1.93. The highest BCUT2D eigenvalue weighted by molar-refractivity contribution is 5.82. The number of benzene rings is 2. The predicted molar refractivity (Wildman–Crippen MR) is 102 cm³/mol. The molecule has 5 aromatic rings. The summed E-state index contributed by atoms with van der Waals surface area (Å²) in [6.45, 7) is 0. The van der Waals surface area contributed by atoms with Crippen molar-refractivity contribution in [2.24, 2.45) is 0 Å². The molecule has 3 aromatic heterocycles. The molecule has 0 amide bonds. The highest BCUT2D eigenvalue weighted by Gasteiger charge is 2.09. The van der Waals surface area contributed by atoms with Crippen LogP contribution in [0.5, 0.6) is 0 Å². The first-order valence-electron chi connectivity index (χ1n) is 8.41. The lowest BCUT2D eigenvalue weighted by molar-refractivity contribution is 0.582. The summed E-state index contributed by atoms with van der Waals surface area (Å²) < 4.78 is 7.57. The quantitative estimate of drug-likeness (QED) is 0.446. The third kappa shape index (κ3) is 2.48. The van der Waals surface area contributed by atoms with Crippen molar-refractivity contribution in [1.29, 1.82) is 0 Å². The smallest absolute Gasteiger partial charge is 0.133 e. The summed E-state index contributed by atoms with van der Waals surface area (Å²) in [5.41, 5.74) is 6.10. The van der Waals surface area contributed by atoms with E-state index < -0.39 is 0 Å². The normalized spacial score (nSPS) is 11.1. The summed E-state index contributed by atoms with van der Waals surface area (Å²) in [6, 6.07) is 24.3. The minimum Gasteiger partial charge on any atom is -0.464 e. The van der Waals surface area contributed by atoms with E-state index in [1.807, 2.05) is 55.0 Å². The molecule has 0 aliphatic heterocycles. The maximum absolute atomic E-state index is 5.48. The standard InChI is InChI=1S/C22H15N3O/c1-2-11-23-19(7-1)16-5-3-6-18(13-16)25-15-24-20-14-17(9-10-21(20)25)22-8-4-12-26-22/h1-15H. The minimum atomic E-state index is 0.846. The molecule has 124 valence electrons. The molecule has 4 heteroatoms. The van der Waals surface area contributed by atoms with Gasteiger partial charge in [0.25, 0.3) is 0 Å². The Bertz CT molecular complexity index is 1170. The molecule has 0 atom stereocenters. The summed E-state index contributed by atoms with van der Waals surface area (Å²) in [5.74, 6) is 0.846. The minimum absolute atomic E-state index is 0.846. The lowest BCUT2D eigenvalue weighted by atomic mass is 10.1. The van der Waals surface area contributed by atoms with Crippen LogP contribution in [-0.4, -0.2) is 14.5 Å². The van der Waals surface area contributed by atoms with Crippen LogP contribution in [0.3, 0.4) is 0 Å². The van der Waals surface area contributed by atoms with Crippen LogP contribution < -0.4 is 0 Å². The molecule has 0 unspecified atom stereocenters. The zero-order valence-corrected chi connectivity index (χ0v) is 13.9. The predicted octanol–water partition coefficient (Wildman–Crippen LogP) is 5.35. The Labute approximate surface area is 150 Å². The van der Waals surface area contributed by atoms with Gasteiger partial charge in [-0.2, -0.15) is 0 Å². The number of hydrogen-bond acceptors (Lipinski definition) is 3. The van der Waals surface area contributed by atoms with E-state index in [0.29, 0.717) is 0 Å². The van der Waals surface area contributed by atoms with E-state index >= 15 is 0 Å². The maximum atomic E-state index is 5.48. The molecule has 0 aliphatic rings. The van der Waals surface area contributed by atoms with Crippen LogP contribution in [0.2, 0.25) is 0 Å². The Balaban J connectivity index is 1.59. The van der Waals surface area contributed by atoms with Crippen LogP contribution in [0.4, 0.5) is 0 Å². The Morgan fingerprint density at radius 2 is 1.77 bits per heavy atom. The van der Waals surface area contributed by atoms with Gasteiger partial charge in [-0.3, -0.25) is 9.55 Å². The van der Waals surface area contributed by atoms with Gasteiger partial charge in [-0.15, -0.1) is 0 Å². The maximum Gasteiger partial charge on any atom is 0.133 e. The number of fused-ring (bicyclic) bond motifs is 1. The van der Waals surface area contributed by atoms with Gasteiger partial charge in [0.1, 0.15) is 12.1 Å². The van der Waals surface area contributed by atoms with Crippen molar-refractivity contribution >= 4 is 11.0 Å². The molecule has 0 saturated carbocycles. The summed E-state index contributed by atoms with van der Waals surface area (Å²) >= 11 is 0. The second kappa shape index (κ2) is 6.01. The van der Waals surface area contributed by atoms with Gasteiger partial charge in [0.15, 0.2) is 0 Å². The largest absolute Gasteiger partial charge is 0.464 e. The van der Waals surface area contributed by atoms with Crippen molar-refractivity contribution in [1.82, 2.24) is 14.5 Å². The number of nitrogens with zero attached hydrogens (tertiary/aromatic N) is 3. The molecule has 26 heavy (non-hydrogen) atoms. The molecule has 0 bridgehead atoms. The molecule has 0 aliphatic carbocycles. The van der Waals surface area contributed by atoms with Crippen LogP contribution >= 0.6 is 0 Å². The van der Waals surface area contributed by atoms with E-state index in [0.717, 1.165) is 39.3 Å². The average Bonchev–Trinajstić information content (AvgIpc) is 3.38. The molecule has 3 heterocycles. The number of pyridine rings is 1. The van der Waals surface area contributed by atoms with Crippen LogP contribution in [-0.2, 0) is 0 Å².